The van der Waals surface area contributed by atoms with Gasteiger partial charge in [-0.1, -0.05) is 78.0 Å². The van der Waals surface area contributed by atoms with Crippen molar-refractivity contribution in [3.05, 3.63) is 70.2 Å². The maximum absolute atomic E-state index is 13.3. The van der Waals surface area contributed by atoms with Gasteiger partial charge in [-0.15, -0.1) is 10.2 Å². The van der Waals surface area contributed by atoms with Gasteiger partial charge in [0.1, 0.15) is 6.04 Å². The number of aromatic nitrogens is 2. The van der Waals surface area contributed by atoms with Crippen molar-refractivity contribution >= 4 is 51.6 Å². The highest BCUT2D eigenvalue weighted by Crippen LogP contribution is 2.29. The fourth-order valence-corrected chi connectivity index (χ4v) is 5.26. The average Bonchev–Trinajstić information content (AvgIpc) is 3.19. The van der Waals surface area contributed by atoms with Gasteiger partial charge in [-0.3, -0.25) is 14.9 Å². The standard InChI is InChI=1S/C21H19ClN4O2S2/c1-2-29-21-25-24-20(30-21)23-18(27)17-11-13-7-3-4-8-14(13)12-26(17)19(28)15-9-5-6-10-16(15)22/h3-10,17H,2,11-12H2,1H3,(H,23,24,27)/t17-/m1/s1. The van der Waals surface area contributed by atoms with Crippen molar-refractivity contribution < 1.29 is 9.59 Å². The quantitative estimate of drug-likeness (QED) is 0.449. The summed E-state index contributed by atoms with van der Waals surface area (Å²) < 4.78 is 0.797. The second-order valence-electron chi connectivity index (χ2n) is 6.70. The molecule has 1 aliphatic rings. The molecule has 1 N–H and O–H groups in total. The third-order valence-electron chi connectivity index (χ3n) is 4.82. The molecule has 9 heteroatoms. The number of anilines is 1. The Kier molecular flexibility index (Phi) is 6.36. The molecule has 0 spiro atoms. The summed E-state index contributed by atoms with van der Waals surface area (Å²) in [6.45, 7) is 2.37. The number of nitrogens with one attached hydrogen (secondary N) is 1. The summed E-state index contributed by atoms with van der Waals surface area (Å²) in [5, 5.41) is 11.8. The van der Waals surface area contributed by atoms with Crippen molar-refractivity contribution in [3.63, 3.8) is 0 Å². The summed E-state index contributed by atoms with van der Waals surface area (Å²) in [6.07, 6.45) is 0.424. The van der Waals surface area contributed by atoms with Gasteiger partial charge in [-0.2, -0.15) is 0 Å². The van der Waals surface area contributed by atoms with Gasteiger partial charge in [0.05, 0.1) is 10.6 Å². The minimum Gasteiger partial charge on any atom is -0.322 e. The topological polar surface area (TPSA) is 75.2 Å². The van der Waals surface area contributed by atoms with Crippen molar-refractivity contribution in [1.82, 2.24) is 15.1 Å². The highest BCUT2D eigenvalue weighted by molar-refractivity contribution is 8.01. The van der Waals surface area contributed by atoms with Crippen LogP contribution in [0.15, 0.2) is 52.9 Å². The van der Waals surface area contributed by atoms with Crippen molar-refractivity contribution in [2.24, 2.45) is 0 Å². The lowest BCUT2D eigenvalue weighted by Gasteiger charge is -2.36. The van der Waals surface area contributed by atoms with E-state index in [1.54, 1.807) is 40.9 Å². The van der Waals surface area contributed by atoms with E-state index in [0.29, 0.717) is 28.7 Å². The summed E-state index contributed by atoms with van der Waals surface area (Å²) >= 11 is 9.16. The van der Waals surface area contributed by atoms with Gasteiger partial charge in [-0.25, -0.2) is 0 Å². The first-order valence-corrected chi connectivity index (χ1v) is 11.6. The van der Waals surface area contributed by atoms with E-state index in [0.717, 1.165) is 21.2 Å². The van der Waals surface area contributed by atoms with Gasteiger partial charge in [0.25, 0.3) is 5.91 Å². The third-order valence-corrected chi connectivity index (χ3v) is 7.00. The Balaban J connectivity index is 1.62. The van der Waals surface area contributed by atoms with E-state index in [9.17, 15) is 9.59 Å². The minimum absolute atomic E-state index is 0.269. The molecule has 0 radical (unpaired) electrons. The Morgan fingerprint density at radius 2 is 1.90 bits per heavy atom. The predicted molar refractivity (Wildman–Crippen MR) is 120 cm³/mol. The van der Waals surface area contributed by atoms with E-state index in [2.05, 4.69) is 15.5 Å². The molecule has 2 heterocycles. The highest BCUT2D eigenvalue weighted by Gasteiger charge is 2.36. The second-order valence-corrected chi connectivity index (χ2v) is 9.59. The van der Waals surface area contributed by atoms with E-state index in [1.807, 2.05) is 31.2 Å². The van der Waals surface area contributed by atoms with Crippen molar-refractivity contribution in [1.29, 1.82) is 0 Å². The number of rotatable bonds is 5. The lowest BCUT2D eigenvalue weighted by atomic mass is 9.93. The molecule has 0 unspecified atom stereocenters. The minimum atomic E-state index is -0.671. The van der Waals surface area contributed by atoms with Crippen LogP contribution in [0.3, 0.4) is 0 Å². The largest absolute Gasteiger partial charge is 0.322 e. The number of hydrogen-bond acceptors (Lipinski definition) is 6. The molecule has 2 aromatic carbocycles. The van der Waals surface area contributed by atoms with Gasteiger partial charge in [0.15, 0.2) is 4.34 Å². The molecule has 0 aliphatic carbocycles. The van der Waals surface area contributed by atoms with Crippen LogP contribution in [0.25, 0.3) is 0 Å². The number of carbonyl (C=O) groups excluding carboxylic acids is 2. The van der Waals surface area contributed by atoms with Crippen LogP contribution in [0.1, 0.15) is 28.4 Å². The number of amides is 2. The Morgan fingerprint density at radius 1 is 1.17 bits per heavy atom. The fraction of sp³-hybridized carbons (Fsp3) is 0.238. The zero-order chi connectivity index (χ0) is 21.1. The van der Waals surface area contributed by atoms with Crippen molar-refractivity contribution in [2.75, 3.05) is 11.1 Å². The molecule has 154 valence electrons. The highest BCUT2D eigenvalue weighted by atomic mass is 35.5. The number of carbonyl (C=O) groups is 2. The summed E-state index contributed by atoms with van der Waals surface area (Å²) in [6, 6.07) is 14.1. The van der Waals surface area contributed by atoms with Crippen LogP contribution in [0.5, 0.6) is 0 Å². The number of nitrogens with zero attached hydrogens (tertiary/aromatic N) is 3. The zero-order valence-corrected chi connectivity index (χ0v) is 18.6. The van der Waals surface area contributed by atoms with Crippen LogP contribution >= 0.6 is 34.7 Å². The van der Waals surface area contributed by atoms with Gasteiger partial charge in [0.2, 0.25) is 11.0 Å². The fourth-order valence-electron chi connectivity index (χ4n) is 3.39. The zero-order valence-electron chi connectivity index (χ0n) is 16.2. The molecular weight excluding hydrogens is 440 g/mol. The molecule has 1 atom stereocenters. The molecule has 2 amide bonds. The summed E-state index contributed by atoms with van der Waals surface area (Å²) in [4.78, 5) is 28.1. The monoisotopic (exact) mass is 458 g/mol. The van der Waals surface area contributed by atoms with Gasteiger partial charge >= 0.3 is 0 Å². The van der Waals surface area contributed by atoms with Crippen LogP contribution in [0, 0.1) is 0 Å². The van der Waals surface area contributed by atoms with Gasteiger partial charge in [-0.05, 0) is 29.0 Å². The number of fused-ring (bicyclic) bond motifs is 1. The Labute approximate surface area is 187 Å². The van der Waals surface area contributed by atoms with Crippen molar-refractivity contribution in [2.45, 2.75) is 30.3 Å². The molecule has 3 aromatic rings. The van der Waals surface area contributed by atoms with E-state index in [-0.39, 0.29) is 11.8 Å². The second kappa shape index (κ2) is 9.16. The molecule has 0 fully saturated rings. The Morgan fingerprint density at radius 3 is 2.67 bits per heavy atom. The molecule has 0 saturated heterocycles. The lowest BCUT2D eigenvalue weighted by Crippen LogP contribution is -2.50. The smallest absolute Gasteiger partial charge is 0.256 e. The summed E-state index contributed by atoms with van der Waals surface area (Å²) in [5.74, 6) is 0.325. The van der Waals surface area contributed by atoms with E-state index >= 15 is 0 Å². The van der Waals surface area contributed by atoms with Crippen LogP contribution in [0.2, 0.25) is 5.02 Å². The van der Waals surface area contributed by atoms with E-state index in [1.165, 1.54) is 11.3 Å². The van der Waals surface area contributed by atoms with Gasteiger partial charge < -0.3 is 4.90 Å². The SMILES string of the molecule is CCSc1nnc(NC(=O)[C@H]2Cc3ccccc3CN2C(=O)c2ccccc2Cl)s1. The molecule has 4 rings (SSSR count). The normalized spacial score (nSPS) is 15.5. The van der Waals surface area contributed by atoms with Crippen molar-refractivity contribution in [3.8, 4) is 0 Å². The summed E-state index contributed by atoms with van der Waals surface area (Å²) in [5.41, 5.74) is 2.47. The third kappa shape index (κ3) is 4.35. The molecule has 30 heavy (non-hydrogen) atoms. The maximum Gasteiger partial charge on any atom is 0.256 e. The van der Waals surface area contributed by atoms with Crippen LogP contribution in [0.4, 0.5) is 5.13 Å². The van der Waals surface area contributed by atoms with E-state index < -0.39 is 6.04 Å². The molecule has 0 saturated carbocycles. The first-order chi connectivity index (χ1) is 14.6. The number of halogens is 1. The lowest BCUT2D eigenvalue weighted by molar-refractivity contribution is -0.121. The van der Waals surface area contributed by atoms with Gasteiger partial charge in [0, 0.05) is 13.0 Å². The number of hydrogen-bond donors (Lipinski definition) is 1. The van der Waals surface area contributed by atoms with Crippen LogP contribution in [-0.4, -0.2) is 38.7 Å². The average molecular weight is 459 g/mol. The van der Waals surface area contributed by atoms with Crippen LogP contribution in [-0.2, 0) is 17.8 Å². The molecule has 0 bridgehead atoms. The first kappa shape index (κ1) is 20.8. The first-order valence-electron chi connectivity index (χ1n) is 9.46. The number of benzene rings is 2. The van der Waals surface area contributed by atoms with Crippen LogP contribution < -0.4 is 5.32 Å². The maximum atomic E-state index is 13.3. The number of thioether (sulfide) groups is 1. The Hall–Kier alpha value is -2.42. The molecule has 1 aliphatic heterocycles. The Bertz CT molecular complexity index is 1090. The predicted octanol–water partition coefficient (Wildman–Crippen LogP) is 4.51. The summed E-state index contributed by atoms with van der Waals surface area (Å²) in [7, 11) is 0. The van der Waals surface area contributed by atoms with E-state index in [4.69, 9.17) is 11.6 Å². The molecule has 1 aromatic heterocycles. The molecular formula is C21H19ClN4O2S2. The molecule has 6 nitrogen and oxygen atoms in total.